The van der Waals surface area contributed by atoms with Crippen LogP contribution >= 0.6 is 11.6 Å². The normalized spacial score (nSPS) is 20.6. The van der Waals surface area contributed by atoms with Crippen molar-refractivity contribution in [2.75, 3.05) is 11.9 Å². The Kier molecular flexibility index (Phi) is 13.4. The lowest BCUT2D eigenvalue weighted by atomic mass is 9.77. The lowest BCUT2D eigenvalue weighted by Crippen LogP contribution is -2.20. The van der Waals surface area contributed by atoms with E-state index in [1.165, 1.54) is 11.1 Å². The lowest BCUT2D eigenvalue weighted by molar-refractivity contribution is -0.144. The monoisotopic (exact) mass is 661 g/mol. The van der Waals surface area contributed by atoms with Crippen LogP contribution in [0, 0.1) is 11.8 Å². The van der Waals surface area contributed by atoms with Crippen molar-refractivity contribution in [2.24, 2.45) is 11.8 Å². The van der Waals surface area contributed by atoms with E-state index in [4.69, 9.17) is 26.6 Å². The molecular formula is C38H44ClNO7. The predicted molar refractivity (Wildman–Crippen MR) is 182 cm³/mol. The molecule has 47 heavy (non-hydrogen) atoms. The first-order valence-corrected chi connectivity index (χ1v) is 16.9. The van der Waals surface area contributed by atoms with Crippen molar-refractivity contribution in [3.63, 3.8) is 0 Å². The molecule has 8 nitrogen and oxygen atoms in total. The van der Waals surface area contributed by atoms with Gasteiger partial charge in [0.05, 0.1) is 17.7 Å². The van der Waals surface area contributed by atoms with Crippen molar-refractivity contribution in [2.45, 2.75) is 83.0 Å². The Labute approximate surface area is 281 Å². The number of carboxylic acid groups (broad SMARTS) is 2. The first-order chi connectivity index (χ1) is 22.6. The number of amides is 1. The van der Waals surface area contributed by atoms with Gasteiger partial charge in [-0.15, -0.1) is 0 Å². The Bertz CT molecular complexity index is 1490. The summed E-state index contributed by atoms with van der Waals surface area (Å²) in [5.41, 5.74) is 3.77. The second-order valence-corrected chi connectivity index (χ2v) is 13.0. The van der Waals surface area contributed by atoms with Crippen LogP contribution in [0.15, 0.2) is 72.8 Å². The van der Waals surface area contributed by atoms with Gasteiger partial charge >= 0.3 is 17.9 Å². The molecule has 2 fully saturated rings. The maximum atomic E-state index is 12.2. The molecule has 0 aliphatic heterocycles. The van der Waals surface area contributed by atoms with E-state index in [0.29, 0.717) is 59.3 Å². The van der Waals surface area contributed by atoms with E-state index >= 15 is 0 Å². The second-order valence-electron chi connectivity index (χ2n) is 12.6. The van der Waals surface area contributed by atoms with Gasteiger partial charge in [-0.3, -0.25) is 9.59 Å². The quantitative estimate of drug-likeness (QED) is 0.185. The highest BCUT2D eigenvalue weighted by Crippen LogP contribution is 2.38. The summed E-state index contributed by atoms with van der Waals surface area (Å²) in [4.78, 5) is 45.5. The molecule has 1 amide bonds. The minimum atomic E-state index is -0.897. The molecule has 2 saturated carbocycles. The highest BCUT2D eigenvalue weighted by atomic mass is 35.5. The molecule has 0 bridgehead atoms. The Morgan fingerprint density at radius 1 is 0.702 bits per heavy atom. The van der Waals surface area contributed by atoms with Gasteiger partial charge in [0.15, 0.2) is 0 Å². The molecule has 2 aliphatic carbocycles. The summed E-state index contributed by atoms with van der Waals surface area (Å²) in [6.45, 7) is 2.28. The third-order valence-electron chi connectivity index (χ3n) is 9.29. The third kappa shape index (κ3) is 11.2. The van der Waals surface area contributed by atoms with E-state index in [1.54, 1.807) is 36.4 Å². The molecule has 0 radical (unpaired) electrons. The number of ether oxygens (including phenoxy) is 1. The number of anilines is 1. The zero-order valence-electron chi connectivity index (χ0n) is 26.8. The zero-order valence-corrected chi connectivity index (χ0v) is 27.6. The number of hydrogen-bond acceptors (Lipinski definition) is 5. The van der Waals surface area contributed by atoms with E-state index < -0.39 is 11.9 Å². The minimum Gasteiger partial charge on any atom is -0.478 e. The minimum absolute atomic E-state index is 0.0292. The highest BCUT2D eigenvalue weighted by Gasteiger charge is 2.26. The Hall–Kier alpha value is -4.17. The Balaban J connectivity index is 0.000000218. The van der Waals surface area contributed by atoms with Gasteiger partial charge < -0.3 is 20.3 Å². The van der Waals surface area contributed by atoms with E-state index in [1.807, 2.05) is 43.3 Å². The number of carbonyl (C=O) groups is 4. The fourth-order valence-corrected chi connectivity index (χ4v) is 6.88. The van der Waals surface area contributed by atoms with E-state index in [0.717, 1.165) is 57.1 Å². The van der Waals surface area contributed by atoms with Crippen molar-refractivity contribution in [3.05, 3.63) is 100 Å². The van der Waals surface area contributed by atoms with Crippen molar-refractivity contribution in [1.29, 1.82) is 0 Å². The van der Waals surface area contributed by atoms with Crippen molar-refractivity contribution in [3.8, 4) is 0 Å². The summed E-state index contributed by atoms with van der Waals surface area (Å²) in [6.07, 6.45) is 9.29. The van der Waals surface area contributed by atoms with Gasteiger partial charge in [-0.2, -0.15) is 0 Å². The van der Waals surface area contributed by atoms with Gasteiger partial charge in [0.2, 0.25) is 5.91 Å². The second kappa shape index (κ2) is 17.7. The number of hydrogen-bond donors (Lipinski definition) is 3. The molecule has 0 aromatic heterocycles. The van der Waals surface area contributed by atoms with Crippen molar-refractivity contribution >= 4 is 41.1 Å². The first kappa shape index (κ1) is 35.7. The molecular weight excluding hydrogens is 618 g/mol. The van der Waals surface area contributed by atoms with Gasteiger partial charge in [0, 0.05) is 23.6 Å². The summed E-state index contributed by atoms with van der Waals surface area (Å²) in [5.74, 6) is -0.0994. The predicted octanol–water partition coefficient (Wildman–Crippen LogP) is 8.95. The highest BCUT2D eigenvalue weighted by molar-refractivity contribution is 6.30. The number of benzene rings is 3. The molecule has 3 aromatic carbocycles. The smallest absolute Gasteiger partial charge is 0.335 e. The zero-order chi connectivity index (χ0) is 33.8. The number of rotatable bonds is 10. The van der Waals surface area contributed by atoms with Gasteiger partial charge in [0.1, 0.15) is 0 Å². The number of nitrogens with one attached hydrogen (secondary N) is 1. The van der Waals surface area contributed by atoms with Crippen LogP contribution in [0.4, 0.5) is 5.69 Å². The van der Waals surface area contributed by atoms with Crippen LogP contribution in [-0.2, 0) is 14.3 Å². The van der Waals surface area contributed by atoms with Crippen LogP contribution in [0.2, 0.25) is 5.02 Å². The maximum absolute atomic E-state index is 12.2. The average molecular weight is 662 g/mol. The number of carbonyl (C=O) groups excluding carboxylic acids is 2. The number of esters is 1. The summed E-state index contributed by atoms with van der Waals surface area (Å²) in [6, 6.07) is 21.5. The Morgan fingerprint density at radius 2 is 1.17 bits per heavy atom. The van der Waals surface area contributed by atoms with E-state index in [9.17, 15) is 19.2 Å². The van der Waals surface area contributed by atoms with Gasteiger partial charge in [0.25, 0.3) is 0 Å². The average Bonchev–Trinajstić information content (AvgIpc) is 3.06. The van der Waals surface area contributed by atoms with Crippen LogP contribution in [0.3, 0.4) is 0 Å². The molecule has 0 unspecified atom stereocenters. The fourth-order valence-electron chi connectivity index (χ4n) is 6.69. The number of aromatic carboxylic acids is 2. The molecule has 0 saturated heterocycles. The summed E-state index contributed by atoms with van der Waals surface area (Å²) in [5, 5.41) is 21.4. The fraction of sp³-hybridized carbons (Fsp3) is 0.421. The van der Waals surface area contributed by atoms with Crippen molar-refractivity contribution < 1.29 is 34.1 Å². The van der Waals surface area contributed by atoms with E-state index in [-0.39, 0.29) is 11.9 Å². The molecule has 3 aromatic rings. The standard InChI is InChI=1S/C21H22ClNO3.C17H22O4/c22-18-2-1-3-19(13-18)23-20(24)12-14-4-6-15(7-5-14)16-8-10-17(11-9-16)21(25)26;1-2-21-16(18)11-12-3-5-13(6-4-12)14-7-9-15(10-8-14)17(19)20/h1-3,8-11,13-15H,4-7,12H2,(H,23,24)(H,25,26);7-10,12-13H,2-6,11H2,1H3,(H,19,20). The SMILES string of the molecule is CCOC(=O)CC1CCC(c2ccc(C(=O)O)cc2)CC1.O=C(CC1CCC(c2ccc(C(=O)O)cc2)CC1)Nc1cccc(Cl)c1. The topological polar surface area (TPSA) is 130 Å². The molecule has 9 heteroatoms. The van der Waals surface area contributed by atoms with Gasteiger partial charge in [-0.25, -0.2) is 9.59 Å². The number of halogens is 1. The molecule has 5 rings (SSSR count). The third-order valence-corrected chi connectivity index (χ3v) is 9.53. The Morgan fingerprint density at radius 3 is 1.60 bits per heavy atom. The van der Waals surface area contributed by atoms with Crippen LogP contribution in [0.5, 0.6) is 0 Å². The van der Waals surface area contributed by atoms with Gasteiger partial charge in [-0.1, -0.05) is 41.9 Å². The largest absolute Gasteiger partial charge is 0.478 e. The summed E-state index contributed by atoms with van der Waals surface area (Å²) < 4.78 is 5.00. The van der Waals surface area contributed by atoms with Gasteiger partial charge in [-0.05, 0) is 136 Å². The molecule has 3 N–H and O–H groups in total. The van der Waals surface area contributed by atoms with Crippen LogP contribution in [0.25, 0.3) is 0 Å². The van der Waals surface area contributed by atoms with Crippen LogP contribution < -0.4 is 5.32 Å². The molecule has 2 aliphatic rings. The first-order valence-electron chi connectivity index (χ1n) is 16.5. The summed E-state index contributed by atoms with van der Waals surface area (Å²) in [7, 11) is 0. The maximum Gasteiger partial charge on any atom is 0.335 e. The van der Waals surface area contributed by atoms with Crippen molar-refractivity contribution in [1.82, 2.24) is 0 Å². The molecule has 250 valence electrons. The lowest BCUT2D eigenvalue weighted by Gasteiger charge is -2.28. The molecule has 0 heterocycles. The van der Waals surface area contributed by atoms with E-state index in [2.05, 4.69) is 5.32 Å². The molecule has 0 atom stereocenters. The van der Waals surface area contributed by atoms with Crippen LogP contribution in [0.1, 0.15) is 115 Å². The van der Waals surface area contributed by atoms with Crippen LogP contribution in [-0.4, -0.2) is 40.6 Å². The molecule has 0 spiro atoms. The number of carboxylic acids is 2. The summed E-state index contributed by atoms with van der Waals surface area (Å²) >= 11 is 5.94.